The second kappa shape index (κ2) is 6.80. The van der Waals surface area contributed by atoms with E-state index in [-0.39, 0.29) is 11.8 Å². The van der Waals surface area contributed by atoms with Crippen molar-refractivity contribution in [3.05, 3.63) is 102 Å². The third kappa shape index (κ3) is 2.89. The maximum absolute atomic E-state index is 13.1. The number of nitrogens with zero attached hydrogens (tertiary/aromatic N) is 3. The van der Waals surface area contributed by atoms with Gasteiger partial charge in [0.05, 0.1) is 17.1 Å². The maximum Gasteiger partial charge on any atom is 0.265 e. The highest BCUT2D eigenvalue weighted by molar-refractivity contribution is 6.35. The summed E-state index contributed by atoms with van der Waals surface area (Å²) in [4.78, 5) is 27.4. The van der Waals surface area contributed by atoms with Gasteiger partial charge in [-0.1, -0.05) is 42.5 Å². The van der Waals surface area contributed by atoms with Crippen molar-refractivity contribution in [1.82, 2.24) is 0 Å². The lowest BCUT2D eigenvalue weighted by atomic mass is 9.94. The van der Waals surface area contributed by atoms with Gasteiger partial charge in [-0.3, -0.25) is 9.59 Å². The molecule has 5 heteroatoms. The lowest BCUT2D eigenvalue weighted by Crippen LogP contribution is -2.40. The molecule has 0 aliphatic carbocycles. The van der Waals surface area contributed by atoms with Gasteiger partial charge in [0, 0.05) is 16.5 Å². The van der Waals surface area contributed by atoms with Crippen LogP contribution in [0.25, 0.3) is 10.8 Å². The van der Waals surface area contributed by atoms with Gasteiger partial charge in [0.2, 0.25) is 0 Å². The Hall–Kier alpha value is -4.12. The smallest absolute Gasteiger partial charge is 0.265 e. The number of amides is 2. The molecule has 138 valence electrons. The molecule has 0 spiro atoms. The van der Waals surface area contributed by atoms with E-state index in [0.717, 1.165) is 16.5 Å². The fourth-order valence-electron chi connectivity index (χ4n) is 3.54. The van der Waals surface area contributed by atoms with E-state index in [1.165, 1.54) is 4.90 Å². The van der Waals surface area contributed by atoms with Crippen molar-refractivity contribution >= 4 is 39.6 Å². The monoisotopic (exact) mass is 377 g/mol. The number of imide groups is 1. The topological polar surface area (TPSA) is 62.1 Å². The zero-order valence-corrected chi connectivity index (χ0v) is 15.3. The number of hydrogen-bond donors (Lipinski definition) is 0. The molecule has 1 aliphatic heterocycles. The van der Waals surface area contributed by atoms with E-state index in [1.807, 2.05) is 54.6 Å². The summed E-state index contributed by atoms with van der Waals surface area (Å²) in [6.45, 7) is 0. The fourth-order valence-corrected chi connectivity index (χ4v) is 3.54. The molecule has 5 rings (SSSR count). The quantitative estimate of drug-likeness (QED) is 0.322. The summed E-state index contributed by atoms with van der Waals surface area (Å²) in [5.74, 6) is -0.643. The fraction of sp³-hybridized carbons (Fsp3) is 0. The maximum atomic E-state index is 13.1. The normalized spacial score (nSPS) is 13.4. The SMILES string of the molecule is O=C1c2cccc3cccc(c23)C(=O)N1c1ccc(/N=N/c2ccccc2)cc1. The summed E-state index contributed by atoms with van der Waals surface area (Å²) in [6.07, 6.45) is 0. The lowest BCUT2D eigenvalue weighted by Gasteiger charge is -2.27. The Morgan fingerprint density at radius 2 is 1.10 bits per heavy atom. The van der Waals surface area contributed by atoms with Crippen molar-refractivity contribution in [3.8, 4) is 0 Å². The van der Waals surface area contributed by atoms with E-state index in [2.05, 4.69) is 10.2 Å². The van der Waals surface area contributed by atoms with Crippen LogP contribution in [0.4, 0.5) is 17.1 Å². The molecule has 5 nitrogen and oxygen atoms in total. The van der Waals surface area contributed by atoms with Crippen LogP contribution < -0.4 is 4.90 Å². The molecule has 29 heavy (non-hydrogen) atoms. The minimum Gasteiger partial charge on any atom is -0.268 e. The van der Waals surface area contributed by atoms with Gasteiger partial charge in [-0.2, -0.15) is 10.2 Å². The first-order chi connectivity index (χ1) is 14.2. The molecule has 0 saturated heterocycles. The molecular formula is C24H15N3O2. The number of carbonyl (C=O) groups excluding carboxylic acids is 2. The predicted molar refractivity (Wildman–Crippen MR) is 112 cm³/mol. The van der Waals surface area contributed by atoms with E-state index in [0.29, 0.717) is 22.5 Å². The summed E-state index contributed by atoms with van der Waals surface area (Å²) in [6, 6.07) is 27.3. The Balaban J connectivity index is 1.49. The highest BCUT2D eigenvalue weighted by Gasteiger charge is 2.33. The molecule has 0 aromatic heterocycles. The first-order valence-electron chi connectivity index (χ1n) is 9.20. The van der Waals surface area contributed by atoms with E-state index in [1.54, 1.807) is 36.4 Å². The van der Waals surface area contributed by atoms with Crippen molar-refractivity contribution in [3.63, 3.8) is 0 Å². The van der Waals surface area contributed by atoms with Gasteiger partial charge in [0.25, 0.3) is 11.8 Å². The molecule has 4 aromatic carbocycles. The minimum absolute atomic E-state index is 0.321. The average molecular weight is 377 g/mol. The Bertz CT molecular complexity index is 1230. The number of hydrogen-bond acceptors (Lipinski definition) is 4. The molecule has 1 heterocycles. The third-order valence-electron chi connectivity index (χ3n) is 4.92. The van der Waals surface area contributed by atoms with Crippen LogP contribution in [-0.2, 0) is 0 Å². The van der Waals surface area contributed by atoms with E-state index in [4.69, 9.17) is 0 Å². The van der Waals surface area contributed by atoms with Crippen LogP contribution in [0.15, 0.2) is 101 Å². The van der Waals surface area contributed by atoms with Gasteiger partial charge in [-0.15, -0.1) is 0 Å². The van der Waals surface area contributed by atoms with Crippen LogP contribution in [0, 0.1) is 0 Å². The molecule has 0 atom stereocenters. The molecule has 1 aliphatic rings. The van der Waals surface area contributed by atoms with Crippen LogP contribution in [0.2, 0.25) is 0 Å². The zero-order chi connectivity index (χ0) is 19.8. The standard InChI is InChI=1S/C24H15N3O2/c28-23-20-10-4-6-16-7-5-11-21(22(16)20)24(29)27(23)19-14-12-18(13-15-19)26-25-17-8-2-1-3-9-17/h1-15H/b26-25+. The van der Waals surface area contributed by atoms with Crippen molar-refractivity contribution < 1.29 is 9.59 Å². The molecule has 0 bridgehead atoms. The molecule has 0 N–H and O–H groups in total. The van der Waals surface area contributed by atoms with Crippen LogP contribution in [-0.4, -0.2) is 11.8 Å². The van der Waals surface area contributed by atoms with Crippen LogP contribution in [0.1, 0.15) is 20.7 Å². The molecule has 0 saturated carbocycles. The van der Waals surface area contributed by atoms with E-state index >= 15 is 0 Å². The minimum atomic E-state index is -0.321. The highest BCUT2D eigenvalue weighted by atomic mass is 16.2. The van der Waals surface area contributed by atoms with Gasteiger partial charge in [-0.25, -0.2) is 4.90 Å². The summed E-state index contributed by atoms with van der Waals surface area (Å²) in [5, 5.41) is 9.99. The zero-order valence-electron chi connectivity index (χ0n) is 15.3. The molecule has 0 radical (unpaired) electrons. The summed E-state index contributed by atoms with van der Waals surface area (Å²) in [7, 11) is 0. The first kappa shape index (κ1) is 17.0. The van der Waals surface area contributed by atoms with E-state index in [9.17, 15) is 9.59 Å². The molecular weight excluding hydrogens is 362 g/mol. The summed E-state index contributed by atoms with van der Waals surface area (Å²) in [5.41, 5.74) is 2.96. The van der Waals surface area contributed by atoms with Crippen molar-refractivity contribution in [2.75, 3.05) is 4.90 Å². The van der Waals surface area contributed by atoms with Crippen LogP contribution in [0.3, 0.4) is 0 Å². The van der Waals surface area contributed by atoms with Gasteiger partial charge < -0.3 is 0 Å². The summed E-state index contributed by atoms with van der Waals surface area (Å²) < 4.78 is 0. The summed E-state index contributed by atoms with van der Waals surface area (Å²) >= 11 is 0. The number of azo groups is 1. The van der Waals surface area contributed by atoms with Gasteiger partial charge in [-0.05, 0) is 53.9 Å². The second-order valence-corrected chi connectivity index (χ2v) is 6.71. The van der Waals surface area contributed by atoms with Crippen LogP contribution >= 0.6 is 0 Å². The van der Waals surface area contributed by atoms with E-state index < -0.39 is 0 Å². The molecule has 2 amide bonds. The Labute approximate surface area is 166 Å². The lowest BCUT2D eigenvalue weighted by molar-refractivity contribution is 0.0893. The van der Waals surface area contributed by atoms with Crippen LogP contribution in [0.5, 0.6) is 0 Å². The Morgan fingerprint density at radius 3 is 1.69 bits per heavy atom. The largest absolute Gasteiger partial charge is 0.268 e. The van der Waals surface area contributed by atoms with Gasteiger partial charge >= 0.3 is 0 Å². The number of anilines is 1. The molecule has 4 aromatic rings. The predicted octanol–water partition coefficient (Wildman–Crippen LogP) is 6.06. The van der Waals surface area contributed by atoms with Crippen molar-refractivity contribution in [2.24, 2.45) is 10.2 Å². The van der Waals surface area contributed by atoms with Gasteiger partial charge in [0.1, 0.15) is 0 Å². The third-order valence-corrected chi connectivity index (χ3v) is 4.92. The Morgan fingerprint density at radius 1 is 0.552 bits per heavy atom. The van der Waals surface area contributed by atoms with Gasteiger partial charge in [0.15, 0.2) is 0 Å². The number of benzene rings is 4. The van der Waals surface area contributed by atoms with Crippen molar-refractivity contribution in [1.29, 1.82) is 0 Å². The molecule has 0 unspecified atom stereocenters. The second-order valence-electron chi connectivity index (χ2n) is 6.71. The number of rotatable bonds is 3. The average Bonchev–Trinajstić information content (AvgIpc) is 2.77. The Kier molecular flexibility index (Phi) is 3.99. The molecule has 0 fully saturated rings. The van der Waals surface area contributed by atoms with Crippen molar-refractivity contribution in [2.45, 2.75) is 0 Å². The first-order valence-corrected chi connectivity index (χ1v) is 9.20. The highest BCUT2D eigenvalue weighted by Crippen LogP contribution is 2.33. The number of carbonyl (C=O) groups is 2.